The van der Waals surface area contributed by atoms with E-state index < -0.39 is 10.1 Å². The van der Waals surface area contributed by atoms with Crippen LogP contribution >= 0.6 is 11.6 Å². The molecule has 0 N–H and O–H groups in total. The highest BCUT2D eigenvalue weighted by molar-refractivity contribution is 7.87. The largest absolute Gasteiger partial charge is 0.297 e. The van der Waals surface area contributed by atoms with Crippen molar-refractivity contribution in [3.05, 3.63) is 41.4 Å². The van der Waals surface area contributed by atoms with Crippen LogP contribution in [-0.2, 0) is 14.3 Å². The molecule has 0 amide bonds. The average Bonchev–Trinajstić information content (AvgIpc) is 2.29. The van der Waals surface area contributed by atoms with Crippen LogP contribution in [0.4, 0.5) is 0 Å². The Morgan fingerprint density at radius 3 is 2.31 bits per heavy atom. The van der Waals surface area contributed by atoms with E-state index in [1.54, 1.807) is 30.3 Å². The summed E-state index contributed by atoms with van der Waals surface area (Å²) in [5.41, 5.74) is 0. The second-order valence-electron chi connectivity index (χ2n) is 3.21. The molecule has 0 aliphatic carbocycles. The van der Waals surface area contributed by atoms with Crippen molar-refractivity contribution in [1.82, 2.24) is 0 Å². The van der Waals surface area contributed by atoms with Gasteiger partial charge in [-0.25, -0.2) is 0 Å². The van der Waals surface area contributed by atoms with E-state index >= 15 is 0 Å². The molecule has 16 heavy (non-hydrogen) atoms. The van der Waals surface area contributed by atoms with Crippen molar-refractivity contribution in [2.24, 2.45) is 0 Å². The SMILES string of the molecule is COS(=O)(=O)c1ccc(Cl)c2ccccc12. The van der Waals surface area contributed by atoms with E-state index in [4.69, 9.17) is 11.6 Å². The molecule has 0 aliphatic heterocycles. The van der Waals surface area contributed by atoms with E-state index in [1.165, 1.54) is 6.07 Å². The molecular formula is C11H9ClO3S. The highest BCUT2D eigenvalue weighted by Crippen LogP contribution is 2.29. The highest BCUT2D eigenvalue weighted by Gasteiger charge is 2.17. The van der Waals surface area contributed by atoms with Gasteiger partial charge in [0.1, 0.15) is 4.90 Å². The molecule has 0 unspecified atom stereocenters. The normalized spacial score (nSPS) is 11.9. The lowest BCUT2D eigenvalue weighted by atomic mass is 10.1. The smallest absolute Gasteiger partial charge is 0.270 e. The second-order valence-corrected chi connectivity index (χ2v) is 5.30. The maximum atomic E-state index is 11.7. The molecule has 0 fully saturated rings. The van der Waals surface area contributed by atoms with E-state index in [9.17, 15) is 8.42 Å². The van der Waals surface area contributed by atoms with Crippen molar-refractivity contribution in [2.75, 3.05) is 7.11 Å². The van der Waals surface area contributed by atoms with Gasteiger partial charge in [0.15, 0.2) is 0 Å². The van der Waals surface area contributed by atoms with Gasteiger partial charge >= 0.3 is 0 Å². The topological polar surface area (TPSA) is 43.4 Å². The van der Waals surface area contributed by atoms with Crippen LogP contribution in [0, 0.1) is 0 Å². The summed E-state index contributed by atoms with van der Waals surface area (Å²) in [5, 5.41) is 1.78. The molecule has 84 valence electrons. The molecule has 0 saturated carbocycles. The number of fused-ring (bicyclic) bond motifs is 1. The first kappa shape index (κ1) is 11.4. The van der Waals surface area contributed by atoms with Gasteiger partial charge in [0.2, 0.25) is 0 Å². The van der Waals surface area contributed by atoms with Crippen LogP contribution in [0.2, 0.25) is 5.02 Å². The lowest BCUT2D eigenvalue weighted by molar-refractivity contribution is 0.398. The summed E-state index contributed by atoms with van der Waals surface area (Å²) in [6.45, 7) is 0. The third kappa shape index (κ3) is 1.80. The maximum absolute atomic E-state index is 11.7. The van der Waals surface area contributed by atoms with Crippen LogP contribution in [0.3, 0.4) is 0 Å². The Morgan fingerprint density at radius 2 is 1.69 bits per heavy atom. The Labute approximate surface area is 98.7 Å². The van der Waals surface area contributed by atoms with Gasteiger partial charge < -0.3 is 0 Å². The molecule has 2 rings (SSSR count). The molecule has 0 saturated heterocycles. The van der Waals surface area contributed by atoms with E-state index in [-0.39, 0.29) is 4.90 Å². The zero-order chi connectivity index (χ0) is 11.8. The minimum absolute atomic E-state index is 0.134. The molecular weight excluding hydrogens is 248 g/mol. The molecule has 2 aromatic carbocycles. The van der Waals surface area contributed by atoms with Gasteiger partial charge in [-0.2, -0.15) is 8.42 Å². The Morgan fingerprint density at radius 1 is 1.06 bits per heavy atom. The third-order valence-electron chi connectivity index (χ3n) is 2.32. The van der Waals surface area contributed by atoms with E-state index in [0.29, 0.717) is 15.8 Å². The van der Waals surface area contributed by atoms with Crippen molar-refractivity contribution in [1.29, 1.82) is 0 Å². The van der Waals surface area contributed by atoms with E-state index in [1.807, 2.05) is 0 Å². The van der Waals surface area contributed by atoms with E-state index in [0.717, 1.165) is 7.11 Å². The molecule has 0 spiro atoms. The molecule has 0 radical (unpaired) electrons. The summed E-state index contributed by atoms with van der Waals surface area (Å²) in [6, 6.07) is 10.0. The summed E-state index contributed by atoms with van der Waals surface area (Å²) in [6.07, 6.45) is 0. The zero-order valence-corrected chi connectivity index (χ0v) is 10.0. The fraction of sp³-hybridized carbons (Fsp3) is 0.0909. The van der Waals surface area contributed by atoms with Crippen LogP contribution in [0.1, 0.15) is 0 Å². The number of rotatable bonds is 2. The van der Waals surface area contributed by atoms with Gasteiger partial charge in [-0.3, -0.25) is 4.18 Å². The van der Waals surface area contributed by atoms with E-state index in [2.05, 4.69) is 4.18 Å². The quantitative estimate of drug-likeness (QED) is 0.776. The summed E-state index contributed by atoms with van der Waals surface area (Å²) >= 11 is 5.99. The van der Waals surface area contributed by atoms with Gasteiger partial charge in [-0.15, -0.1) is 0 Å². The molecule has 3 nitrogen and oxygen atoms in total. The third-order valence-corrected chi connectivity index (χ3v) is 3.98. The second kappa shape index (κ2) is 4.05. The predicted octanol–water partition coefficient (Wildman–Crippen LogP) is 2.83. The Balaban J connectivity index is 2.88. The van der Waals surface area contributed by atoms with Crippen molar-refractivity contribution < 1.29 is 12.6 Å². The number of hydrogen-bond donors (Lipinski definition) is 0. The predicted molar refractivity (Wildman–Crippen MR) is 63.2 cm³/mol. The average molecular weight is 257 g/mol. The van der Waals surface area contributed by atoms with Crippen LogP contribution in [-0.4, -0.2) is 15.5 Å². The van der Waals surface area contributed by atoms with Crippen LogP contribution in [0.5, 0.6) is 0 Å². The van der Waals surface area contributed by atoms with Crippen molar-refractivity contribution in [2.45, 2.75) is 4.90 Å². The molecule has 0 atom stereocenters. The lowest BCUT2D eigenvalue weighted by Crippen LogP contribution is -2.03. The van der Waals surface area contributed by atoms with Crippen molar-refractivity contribution in [3.63, 3.8) is 0 Å². The summed E-state index contributed by atoms with van der Waals surface area (Å²) in [5.74, 6) is 0. The molecule has 0 aromatic heterocycles. The minimum Gasteiger partial charge on any atom is -0.270 e. The number of halogens is 1. The highest BCUT2D eigenvalue weighted by atomic mass is 35.5. The Bertz CT molecular complexity index is 635. The molecule has 0 bridgehead atoms. The molecule has 0 heterocycles. The van der Waals surface area contributed by atoms with Gasteiger partial charge in [-0.05, 0) is 12.1 Å². The standard InChI is InChI=1S/C11H9ClO3S/c1-15-16(13,14)11-7-6-10(12)8-4-2-3-5-9(8)11/h2-7H,1H3. The number of benzene rings is 2. The molecule has 2 aromatic rings. The van der Waals surface area contributed by atoms with Crippen molar-refractivity contribution >= 4 is 32.5 Å². The summed E-state index contributed by atoms with van der Waals surface area (Å²) in [7, 11) is -2.56. The Hall–Kier alpha value is -1.10. The van der Waals surface area contributed by atoms with Crippen LogP contribution in [0.25, 0.3) is 10.8 Å². The van der Waals surface area contributed by atoms with Gasteiger partial charge in [0.05, 0.1) is 7.11 Å². The first-order chi connectivity index (χ1) is 7.56. The van der Waals surface area contributed by atoms with Gasteiger partial charge in [0.25, 0.3) is 10.1 Å². The maximum Gasteiger partial charge on any atom is 0.297 e. The minimum atomic E-state index is -3.70. The first-order valence-corrected chi connectivity index (χ1v) is 6.33. The van der Waals surface area contributed by atoms with Crippen LogP contribution in [0.15, 0.2) is 41.3 Å². The molecule has 5 heteroatoms. The first-order valence-electron chi connectivity index (χ1n) is 4.54. The monoisotopic (exact) mass is 256 g/mol. The van der Waals surface area contributed by atoms with Crippen molar-refractivity contribution in [3.8, 4) is 0 Å². The lowest BCUT2D eigenvalue weighted by Gasteiger charge is -2.07. The number of hydrogen-bond acceptors (Lipinski definition) is 3. The molecule has 0 aliphatic rings. The van der Waals surface area contributed by atoms with Gasteiger partial charge in [0, 0.05) is 15.8 Å². The van der Waals surface area contributed by atoms with Gasteiger partial charge in [-0.1, -0.05) is 35.9 Å². The van der Waals surface area contributed by atoms with Crippen LogP contribution < -0.4 is 0 Å². The fourth-order valence-corrected chi connectivity index (χ4v) is 2.63. The Kier molecular flexibility index (Phi) is 2.88. The summed E-state index contributed by atoms with van der Waals surface area (Å²) < 4.78 is 27.8. The zero-order valence-electron chi connectivity index (χ0n) is 8.48. The fourth-order valence-electron chi connectivity index (χ4n) is 1.54. The summed E-state index contributed by atoms with van der Waals surface area (Å²) in [4.78, 5) is 0.134.